The van der Waals surface area contributed by atoms with Crippen LogP contribution >= 0.6 is 0 Å². The van der Waals surface area contributed by atoms with Gasteiger partial charge in [-0.1, -0.05) is 17.7 Å². The number of hydrogen-bond acceptors (Lipinski definition) is 2. The van der Waals surface area contributed by atoms with E-state index >= 15 is 0 Å². The van der Waals surface area contributed by atoms with Crippen LogP contribution in [-0.2, 0) is 4.79 Å². The molecule has 0 spiro atoms. The van der Waals surface area contributed by atoms with Gasteiger partial charge < -0.3 is 10.2 Å². The Hall–Kier alpha value is -1.84. The van der Waals surface area contributed by atoms with E-state index in [1.165, 1.54) is 6.42 Å². The molecule has 0 saturated carbocycles. The fourth-order valence-electron chi connectivity index (χ4n) is 2.70. The second-order valence-electron chi connectivity index (χ2n) is 5.90. The van der Waals surface area contributed by atoms with Crippen LogP contribution in [-0.4, -0.2) is 35.8 Å². The summed E-state index contributed by atoms with van der Waals surface area (Å²) in [6, 6.07) is 5.30. The monoisotopic (exact) mass is 288 g/mol. The van der Waals surface area contributed by atoms with Crippen LogP contribution in [0.5, 0.6) is 0 Å². The normalized spacial score (nSPS) is 16.4. The molecule has 1 N–H and O–H groups in total. The van der Waals surface area contributed by atoms with Crippen LogP contribution < -0.4 is 5.32 Å². The number of hydrogen-bond donors (Lipinski definition) is 1. The van der Waals surface area contributed by atoms with Gasteiger partial charge in [0.2, 0.25) is 5.91 Å². The van der Waals surface area contributed by atoms with E-state index in [1.54, 1.807) is 6.92 Å². The van der Waals surface area contributed by atoms with E-state index in [2.05, 4.69) is 5.32 Å². The van der Waals surface area contributed by atoms with E-state index in [0.717, 1.165) is 37.1 Å². The number of carbonyl (C=O) groups excluding carboxylic acids is 2. The summed E-state index contributed by atoms with van der Waals surface area (Å²) in [7, 11) is 0. The second-order valence-corrected chi connectivity index (χ2v) is 5.90. The third kappa shape index (κ3) is 3.84. The van der Waals surface area contributed by atoms with Crippen LogP contribution in [0.25, 0.3) is 0 Å². The predicted molar refractivity (Wildman–Crippen MR) is 83.3 cm³/mol. The zero-order chi connectivity index (χ0) is 15.4. The Morgan fingerprint density at radius 1 is 1.14 bits per heavy atom. The fraction of sp³-hybridized carbons (Fsp3) is 0.529. The van der Waals surface area contributed by atoms with Gasteiger partial charge in [-0.15, -0.1) is 0 Å². The zero-order valence-electron chi connectivity index (χ0n) is 13.1. The van der Waals surface area contributed by atoms with Crippen molar-refractivity contribution in [2.75, 3.05) is 13.1 Å². The number of carbonyl (C=O) groups is 2. The van der Waals surface area contributed by atoms with Gasteiger partial charge in [0.15, 0.2) is 0 Å². The van der Waals surface area contributed by atoms with Gasteiger partial charge in [-0.25, -0.2) is 0 Å². The quantitative estimate of drug-likeness (QED) is 0.928. The van der Waals surface area contributed by atoms with Crippen LogP contribution in [0, 0.1) is 13.8 Å². The van der Waals surface area contributed by atoms with Gasteiger partial charge in [0.25, 0.3) is 5.91 Å². The van der Waals surface area contributed by atoms with E-state index in [1.807, 2.05) is 36.9 Å². The molecule has 2 rings (SSSR count). The summed E-state index contributed by atoms with van der Waals surface area (Å²) < 4.78 is 0. The molecule has 114 valence electrons. The van der Waals surface area contributed by atoms with Crippen molar-refractivity contribution < 1.29 is 9.59 Å². The largest absolute Gasteiger partial charge is 0.341 e. The lowest BCUT2D eigenvalue weighted by Gasteiger charge is -2.29. The van der Waals surface area contributed by atoms with Crippen LogP contribution in [0.4, 0.5) is 0 Å². The highest BCUT2D eigenvalue weighted by atomic mass is 16.2. The van der Waals surface area contributed by atoms with Crippen LogP contribution in [0.3, 0.4) is 0 Å². The molecule has 1 heterocycles. The Kier molecular flexibility index (Phi) is 4.99. The first kappa shape index (κ1) is 15.5. The summed E-state index contributed by atoms with van der Waals surface area (Å²) in [5, 5.41) is 2.83. The Morgan fingerprint density at radius 2 is 1.81 bits per heavy atom. The molecule has 4 heteroatoms. The standard InChI is InChI=1S/C17H24N2O2/c1-12-7-8-13(2)15(11-12)16(20)18-14(3)17(21)19-9-5-4-6-10-19/h7-8,11,14H,4-6,9-10H2,1-3H3,(H,18,20). The maximum Gasteiger partial charge on any atom is 0.252 e. The highest BCUT2D eigenvalue weighted by Gasteiger charge is 2.24. The number of nitrogens with one attached hydrogen (secondary N) is 1. The van der Waals surface area contributed by atoms with Crippen LogP contribution in [0.2, 0.25) is 0 Å². The van der Waals surface area contributed by atoms with E-state index in [4.69, 9.17) is 0 Å². The minimum Gasteiger partial charge on any atom is -0.341 e. The lowest BCUT2D eigenvalue weighted by molar-refractivity contribution is -0.133. The predicted octanol–water partition coefficient (Wildman–Crippen LogP) is 2.43. The molecule has 4 nitrogen and oxygen atoms in total. The lowest BCUT2D eigenvalue weighted by atomic mass is 10.0. The third-order valence-corrected chi connectivity index (χ3v) is 4.02. The first-order valence-corrected chi connectivity index (χ1v) is 7.66. The summed E-state index contributed by atoms with van der Waals surface area (Å²) in [6.45, 7) is 7.25. The minimum atomic E-state index is -0.476. The summed E-state index contributed by atoms with van der Waals surface area (Å²) in [5.41, 5.74) is 2.62. The summed E-state index contributed by atoms with van der Waals surface area (Å²) in [5.74, 6) is -0.151. The number of rotatable bonds is 3. The molecule has 0 radical (unpaired) electrons. The molecule has 1 saturated heterocycles. The zero-order valence-corrected chi connectivity index (χ0v) is 13.1. The average Bonchev–Trinajstić information content (AvgIpc) is 2.49. The van der Waals surface area contributed by atoms with E-state index in [-0.39, 0.29) is 11.8 Å². The molecular weight excluding hydrogens is 264 g/mol. The average molecular weight is 288 g/mol. The second kappa shape index (κ2) is 6.74. The Morgan fingerprint density at radius 3 is 2.48 bits per heavy atom. The van der Waals surface area contributed by atoms with Crippen molar-refractivity contribution in [3.63, 3.8) is 0 Å². The summed E-state index contributed by atoms with van der Waals surface area (Å²) in [4.78, 5) is 26.5. The van der Waals surface area contributed by atoms with Gasteiger partial charge >= 0.3 is 0 Å². The van der Waals surface area contributed by atoms with Crippen molar-refractivity contribution in [2.24, 2.45) is 0 Å². The Labute approximate surface area is 126 Å². The first-order chi connectivity index (χ1) is 9.99. The molecule has 1 aliphatic rings. The van der Waals surface area contributed by atoms with Crippen molar-refractivity contribution in [3.8, 4) is 0 Å². The molecule has 2 amide bonds. The molecule has 1 atom stereocenters. The lowest BCUT2D eigenvalue weighted by Crippen LogP contribution is -2.48. The molecule has 21 heavy (non-hydrogen) atoms. The van der Waals surface area contributed by atoms with Crippen molar-refractivity contribution in [1.29, 1.82) is 0 Å². The minimum absolute atomic E-state index is 0.0216. The molecule has 1 unspecified atom stereocenters. The highest BCUT2D eigenvalue weighted by molar-refractivity contribution is 5.98. The fourth-order valence-corrected chi connectivity index (χ4v) is 2.70. The van der Waals surface area contributed by atoms with E-state index < -0.39 is 6.04 Å². The number of benzene rings is 1. The van der Waals surface area contributed by atoms with E-state index in [0.29, 0.717) is 5.56 Å². The topological polar surface area (TPSA) is 49.4 Å². The van der Waals surface area contributed by atoms with Gasteiger partial charge in [0.1, 0.15) is 6.04 Å². The molecule has 0 aliphatic carbocycles. The number of piperidine rings is 1. The van der Waals surface area contributed by atoms with Crippen molar-refractivity contribution in [1.82, 2.24) is 10.2 Å². The molecule has 1 aromatic rings. The molecule has 1 aliphatic heterocycles. The molecule has 1 fully saturated rings. The number of aryl methyl sites for hydroxylation is 2. The smallest absolute Gasteiger partial charge is 0.252 e. The van der Waals surface area contributed by atoms with Gasteiger partial charge in [-0.2, -0.15) is 0 Å². The van der Waals surface area contributed by atoms with Gasteiger partial charge in [-0.3, -0.25) is 9.59 Å². The number of amides is 2. The molecule has 0 bridgehead atoms. The van der Waals surface area contributed by atoms with Crippen molar-refractivity contribution in [3.05, 3.63) is 34.9 Å². The maximum absolute atomic E-state index is 12.3. The van der Waals surface area contributed by atoms with Gasteiger partial charge in [-0.05, 0) is 51.7 Å². The third-order valence-electron chi connectivity index (χ3n) is 4.02. The first-order valence-electron chi connectivity index (χ1n) is 7.66. The SMILES string of the molecule is Cc1ccc(C)c(C(=O)NC(C)C(=O)N2CCCCC2)c1. The molecule has 0 aromatic heterocycles. The van der Waals surface area contributed by atoms with Crippen LogP contribution in [0.15, 0.2) is 18.2 Å². The van der Waals surface area contributed by atoms with E-state index in [9.17, 15) is 9.59 Å². The highest BCUT2D eigenvalue weighted by Crippen LogP contribution is 2.12. The Bertz CT molecular complexity index is 534. The maximum atomic E-state index is 12.3. The van der Waals surface area contributed by atoms with Crippen molar-refractivity contribution in [2.45, 2.75) is 46.1 Å². The van der Waals surface area contributed by atoms with Gasteiger partial charge in [0, 0.05) is 18.7 Å². The number of likely N-dealkylation sites (tertiary alicyclic amines) is 1. The Balaban J connectivity index is 2.01. The van der Waals surface area contributed by atoms with Crippen LogP contribution in [0.1, 0.15) is 47.7 Å². The summed E-state index contributed by atoms with van der Waals surface area (Å²) >= 11 is 0. The van der Waals surface area contributed by atoms with Gasteiger partial charge in [0.05, 0.1) is 0 Å². The number of nitrogens with zero attached hydrogens (tertiary/aromatic N) is 1. The molecular formula is C17H24N2O2. The summed E-state index contributed by atoms with van der Waals surface area (Å²) in [6.07, 6.45) is 3.31. The molecule has 1 aromatic carbocycles. The van der Waals surface area contributed by atoms with Crippen molar-refractivity contribution >= 4 is 11.8 Å².